The Balaban J connectivity index is 2.89. The molecule has 1 aromatic rings. The summed E-state index contributed by atoms with van der Waals surface area (Å²) in [5.74, 6) is -1.27. The molecule has 96 valence electrons. The molecule has 0 unspecified atom stereocenters. The molecule has 0 aromatic heterocycles. The smallest absolute Gasteiger partial charge is 0.343 e. The number of ether oxygens (including phenoxy) is 2. The molecule has 1 rings (SSSR count). The van der Waals surface area contributed by atoms with Gasteiger partial charge >= 0.3 is 11.9 Å². The molecule has 0 aliphatic rings. The molecular formula is C12H11ClO5. The third-order valence-corrected chi connectivity index (χ3v) is 2.19. The van der Waals surface area contributed by atoms with E-state index in [-0.39, 0.29) is 6.61 Å². The van der Waals surface area contributed by atoms with E-state index in [2.05, 4.69) is 4.74 Å². The summed E-state index contributed by atoms with van der Waals surface area (Å²) in [6, 6.07) is 4.66. The Morgan fingerprint density at radius 3 is 2.78 bits per heavy atom. The van der Waals surface area contributed by atoms with E-state index in [1.54, 1.807) is 12.1 Å². The van der Waals surface area contributed by atoms with Gasteiger partial charge in [-0.15, -0.1) is 0 Å². The van der Waals surface area contributed by atoms with Gasteiger partial charge in [0.05, 0.1) is 7.11 Å². The molecule has 0 heterocycles. The van der Waals surface area contributed by atoms with Gasteiger partial charge in [0.15, 0.2) is 6.61 Å². The van der Waals surface area contributed by atoms with Crippen molar-refractivity contribution in [3.8, 4) is 5.75 Å². The van der Waals surface area contributed by atoms with Crippen LogP contribution in [0.25, 0.3) is 6.08 Å². The Morgan fingerprint density at radius 2 is 2.17 bits per heavy atom. The highest BCUT2D eigenvalue weighted by Gasteiger charge is 2.06. The second-order valence-electron chi connectivity index (χ2n) is 3.22. The van der Waals surface area contributed by atoms with Crippen molar-refractivity contribution in [1.82, 2.24) is 0 Å². The van der Waals surface area contributed by atoms with Gasteiger partial charge in [0.2, 0.25) is 0 Å². The summed E-state index contributed by atoms with van der Waals surface area (Å²) in [4.78, 5) is 21.4. The molecule has 0 saturated carbocycles. The first-order valence-corrected chi connectivity index (χ1v) is 5.31. The average molecular weight is 271 g/mol. The number of carbonyl (C=O) groups is 2. The van der Waals surface area contributed by atoms with Crippen LogP contribution in [-0.4, -0.2) is 30.8 Å². The first-order chi connectivity index (χ1) is 8.52. The van der Waals surface area contributed by atoms with E-state index in [1.165, 1.54) is 19.3 Å². The molecule has 0 amide bonds. The molecule has 0 spiro atoms. The number of hydrogen-bond donors (Lipinski definition) is 1. The van der Waals surface area contributed by atoms with Crippen LogP contribution in [0.15, 0.2) is 24.3 Å². The van der Waals surface area contributed by atoms with Gasteiger partial charge in [-0.1, -0.05) is 11.6 Å². The minimum atomic E-state index is -1.09. The first kappa shape index (κ1) is 14.1. The highest BCUT2D eigenvalue weighted by molar-refractivity contribution is 6.30. The quantitative estimate of drug-likeness (QED) is 0.654. The summed E-state index contributed by atoms with van der Waals surface area (Å²) in [5.41, 5.74) is 0.466. The number of methoxy groups -OCH3 is 1. The first-order valence-electron chi connectivity index (χ1n) is 4.93. The van der Waals surface area contributed by atoms with Gasteiger partial charge in [-0.05, 0) is 24.3 Å². The van der Waals surface area contributed by atoms with Crippen LogP contribution in [0.2, 0.25) is 5.02 Å². The van der Waals surface area contributed by atoms with Gasteiger partial charge in [0, 0.05) is 16.7 Å². The van der Waals surface area contributed by atoms with E-state index in [9.17, 15) is 9.59 Å². The van der Waals surface area contributed by atoms with Gasteiger partial charge in [-0.2, -0.15) is 0 Å². The second-order valence-corrected chi connectivity index (χ2v) is 3.65. The summed E-state index contributed by atoms with van der Waals surface area (Å²) >= 11 is 5.79. The molecule has 0 atom stereocenters. The third-order valence-electron chi connectivity index (χ3n) is 1.95. The number of halogens is 1. The van der Waals surface area contributed by atoms with Crippen LogP contribution in [0.1, 0.15) is 5.56 Å². The van der Waals surface area contributed by atoms with Crippen molar-refractivity contribution in [1.29, 1.82) is 0 Å². The zero-order valence-corrected chi connectivity index (χ0v) is 10.3. The summed E-state index contributed by atoms with van der Waals surface area (Å²) in [5, 5.41) is 8.99. The minimum absolute atomic E-state index is 0.258. The van der Waals surface area contributed by atoms with Crippen LogP contribution in [0.4, 0.5) is 0 Å². The lowest BCUT2D eigenvalue weighted by atomic mass is 10.2. The number of aliphatic carboxylic acids is 1. The lowest BCUT2D eigenvalue weighted by Crippen LogP contribution is -2.13. The number of carbonyl (C=O) groups excluding carboxylic acids is 1. The maximum atomic E-state index is 10.9. The molecule has 5 nitrogen and oxygen atoms in total. The second kappa shape index (κ2) is 6.66. The van der Waals surface area contributed by atoms with Gasteiger partial charge in [0.25, 0.3) is 0 Å². The number of esters is 1. The van der Waals surface area contributed by atoms with Crippen LogP contribution in [-0.2, 0) is 14.3 Å². The number of benzene rings is 1. The van der Waals surface area contributed by atoms with Crippen molar-refractivity contribution in [2.45, 2.75) is 0 Å². The molecule has 1 N–H and O–H groups in total. The van der Waals surface area contributed by atoms with Crippen molar-refractivity contribution in [2.75, 3.05) is 13.7 Å². The zero-order valence-electron chi connectivity index (χ0n) is 9.55. The predicted molar refractivity (Wildman–Crippen MR) is 65.6 cm³/mol. The normalized spacial score (nSPS) is 10.3. The fourth-order valence-electron chi connectivity index (χ4n) is 1.14. The molecule has 0 radical (unpaired) electrons. The Labute approximate surface area is 109 Å². The molecule has 0 saturated heterocycles. The van der Waals surface area contributed by atoms with E-state index in [1.807, 2.05) is 0 Å². The van der Waals surface area contributed by atoms with Gasteiger partial charge in [0.1, 0.15) is 5.75 Å². The highest BCUT2D eigenvalue weighted by atomic mass is 35.5. The molecule has 0 aliphatic heterocycles. The standard InChI is InChI=1S/C12H11ClO5/c1-17-12(16)7-18-10-4-3-9(13)6-8(10)2-5-11(14)15/h2-6H,7H2,1H3,(H,14,15)/b5-2+. The number of carboxylic acids is 1. The third kappa shape index (κ3) is 4.47. The van der Waals surface area contributed by atoms with Crippen molar-refractivity contribution < 1.29 is 24.2 Å². The summed E-state index contributed by atoms with van der Waals surface area (Å²) in [6.45, 7) is -0.258. The monoisotopic (exact) mass is 270 g/mol. The Hall–Kier alpha value is -2.01. The van der Waals surface area contributed by atoms with Crippen molar-refractivity contribution in [3.05, 3.63) is 34.9 Å². The topological polar surface area (TPSA) is 72.8 Å². The van der Waals surface area contributed by atoms with E-state index in [0.717, 1.165) is 6.08 Å². The molecule has 18 heavy (non-hydrogen) atoms. The highest BCUT2D eigenvalue weighted by Crippen LogP contribution is 2.24. The van der Waals surface area contributed by atoms with E-state index >= 15 is 0 Å². The van der Waals surface area contributed by atoms with Crippen molar-refractivity contribution in [2.24, 2.45) is 0 Å². The molecular weight excluding hydrogens is 260 g/mol. The summed E-state index contributed by atoms with van der Waals surface area (Å²) in [6.07, 6.45) is 2.29. The number of rotatable bonds is 5. The van der Waals surface area contributed by atoms with Crippen LogP contribution in [0.5, 0.6) is 5.75 Å². The lowest BCUT2D eigenvalue weighted by molar-refractivity contribution is -0.143. The average Bonchev–Trinajstić information content (AvgIpc) is 2.34. The van der Waals surface area contributed by atoms with Crippen molar-refractivity contribution >= 4 is 29.6 Å². The molecule has 0 bridgehead atoms. The fourth-order valence-corrected chi connectivity index (χ4v) is 1.32. The molecule has 6 heteroatoms. The number of carboxylic acid groups (broad SMARTS) is 1. The van der Waals surface area contributed by atoms with Gasteiger partial charge in [-0.3, -0.25) is 0 Å². The van der Waals surface area contributed by atoms with Crippen LogP contribution >= 0.6 is 11.6 Å². The fraction of sp³-hybridized carbons (Fsp3) is 0.167. The van der Waals surface area contributed by atoms with Crippen LogP contribution in [0, 0.1) is 0 Å². The van der Waals surface area contributed by atoms with Crippen molar-refractivity contribution in [3.63, 3.8) is 0 Å². The predicted octanol–water partition coefficient (Wildman–Crippen LogP) is 1.99. The van der Waals surface area contributed by atoms with E-state index in [0.29, 0.717) is 16.3 Å². The number of hydrogen-bond acceptors (Lipinski definition) is 4. The summed E-state index contributed by atoms with van der Waals surface area (Å²) < 4.78 is 9.63. The van der Waals surface area contributed by atoms with E-state index < -0.39 is 11.9 Å². The van der Waals surface area contributed by atoms with Crippen LogP contribution < -0.4 is 4.74 Å². The Morgan fingerprint density at radius 1 is 1.44 bits per heavy atom. The van der Waals surface area contributed by atoms with Gasteiger partial charge < -0.3 is 14.6 Å². The zero-order chi connectivity index (χ0) is 13.5. The molecule has 0 fully saturated rings. The van der Waals surface area contributed by atoms with Crippen LogP contribution in [0.3, 0.4) is 0 Å². The maximum absolute atomic E-state index is 10.9. The maximum Gasteiger partial charge on any atom is 0.343 e. The molecule has 1 aromatic carbocycles. The molecule has 0 aliphatic carbocycles. The van der Waals surface area contributed by atoms with Gasteiger partial charge in [-0.25, -0.2) is 9.59 Å². The summed E-state index contributed by atoms with van der Waals surface area (Å²) in [7, 11) is 1.25. The Kier molecular flexibility index (Phi) is 5.20. The lowest BCUT2D eigenvalue weighted by Gasteiger charge is -2.08. The SMILES string of the molecule is COC(=O)COc1ccc(Cl)cc1/C=C/C(=O)O. The minimum Gasteiger partial charge on any atom is -0.481 e. The van der Waals surface area contributed by atoms with E-state index in [4.69, 9.17) is 21.4 Å². The Bertz CT molecular complexity index is 481. The largest absolute Gasteiger partial charge is 0.481 e.